The maximum atomic E-state index is 11.4. The van der Waals surface area contributed by atoms with Gasteiger partial charge in [0.2, 0.25) is 5.91 Å². The Hall–Kier alpha value is -2.98. The summed E-state index contributed by atoms with van der Waals surface area (Å²) in [7, 11) is 0. The van der Waals surface area contributed by atoms with Crippen molar-refractivity contribution < 1.29 is 14.3 Å². The smallest absolute Gasteiger partial charge is 0.306 e. The fourth-order valence-electron chi connectivity index (χ4n) is 1.59. The zero-order chi connectivity index (χ0) is 16.2. The van der Waals surface area contributed by atoms with Crippen molar-refractivity contribution in [2.45, 2.75) is 19.3 Å². The molecular formula is C18H17NO3. The molecule has 0 saturated carbocycles. The van der Waals surface area contributed by atoms with Gasteiger partial charge >= 0.3 is 5.97 Å². The maximum absolute atomic E-state index is 11.4. The predicted molar refractivity (Wildman–Crippen MR) is 85.8 cm³/mol. The molecule has 0 unspecified atom stereocenters. The molecule has 0 saturated heterocycles. The lowest BCUT2D eigenvalue weighted by Gasteiger charge is -2.06. The Morgan fingerprint density at radius 3 is 2.59 bits per heavy atom. The largest absolute Gasteiger partial charge is 0.465 e. The number of nitrogens with one attached hydrogen (secondary N) is 1. The standard InChI is InChI=1S/C18H17NO3/c1-3-5-7-17(20)19-16-11-9-15(10-12-16)13-14-22-18(21)8-6-4-2/h1-2,5,7,9-12H,6,8,13-14H2,(H,19,20). The van der Waals surface area contributed by atoms with Gasteiger partial charge in [0.15, 0.2) is 0 Å². The first-order chi connectivity index (χ1) is 10.7. The van der Waals surface area contributed by atoms with Crippen molar-refractivity contribution in [1.29, 1.82) is 0 Å². The predicted octanol–water partition coefficient (Wildman–Crippen LogP) is 2.31. The van der Waals surface area contributed by atoms with Gasteiger partial charge in [-0.3, -0.25) is 9.59 Å². The van der Waals surface area contributed by atoms with Crippen molar-refractivity contribution in [3.05, 3.63) is 42.0 Å². The van der Waals surface area contributed by atoms with E-state index in [1.165, 1.54) is 12.2 Å². The number of hydrogen-bond donors (Lipinski definition) is 1. The number of esters is 1. The van der Waals surface area contributed by atoms with Gasteiger partial charge in [-0.15, -0.1) is 18.8 Å². The molecule has 0 aliphatic heterocycles. The molecule has 112 valence electrons. The van der Waals surface area contributed by atoms with Crippen LogP contribution in [0, 0.1) is 24.7 Å². The van der Waals surface area contributed by atoms with Gasteiger partial charge in [0.25, 0.3) is 0 Å². The van der Waals surface area contributed by atoms with Crippen LogP contribution in [0.15, 0.2) is 36.4 Å². The third-order valence-electron chi connectivity index (χ3n) is 2.68. The molecule has 0 aliphatic rings. The lowest BCUT2D eigenvalue weighted by atomic mass is 10.1. The highest BCUT2D eigenvalue weighted by molar-refractivity contribution is 5.99. The first-order valence-electron chi connectivity index (χ1n) is 6.77. The fourth-order valence-corrected chi connectivity index (χ4v) is 1.59. The van der Waals surface area contributed by atoms with E-state index in [9.17, 15) is 9.59 Å². The summed E-state index contributed by atoms with van der Waals surface area (Å²) in [6.45, 7) is 0.306. The van der Waals surface area contributed by atoms with Gasteiger partial charge in [0.05, 0.1) is 13.0 Å². The van der Waals surface area contributed by atoms with E-state index in [1.54, 1.807) is 12.1 Å². The molecule has 1 N–H and O–H groups in total. The number of benzene rings is 1. The third-order valence-corrected chi connectivity index (χ3v) is 2.68. The number of terminal acetylenes is 2. The molecule has 4 heteroatoms. The summed E-state index contributed by atoms with van der Waals surface area (Å²) < 4.78 is 5.05. The van der Waals surface area contributed by atoms with Crippen molar-refractivity contribution >= 4 is 17.6 Å². The van der Waals surface area contributed by atoms with Crippen LogP contribution in [0.5, 0.6) is 0 Å². The first-order valence-corrected chi connectivity index (χ1v) is 6.77. The summed E-state index contributed by atoms with van der Waals surface area (Å²) in [5.74, 6) is 4.06. The van der Waals surface area contributed by atoms with Crippen LogP contribution in [0.1, 0.15) is 18.4 Å². The number of ether oxygens (including phenoxy) is 1. The summed E-state index contributed by atoms with van der Waals surface area (Å²) in [6, 6.07) is 7.26. The Kier molecular flexibility index (Phi) is 7.64. The molecule has 1 amide bonds. The van der Waals surface area contributed by atoms with Gasteiger partial charge in [0.1, 0.15) is 0 Å². The first kappa shape index (κ1) is 17.1. The minimum Gasteiger partial charge on any atom is -0.465 e. The van der Waals surface area contributed by atoms with Crippen molar-refractivity contribution in [3.8, 4) is 24.7 Å². The van der Waals surface area contributed by atoms with Crippen LogP contribution >= 0.6 is 0 Å². The number of carbonyl (C=O) groups excluding carboxylic acids is 2. The summed E-state index contributed by atoms with van der Waals surface area (Å²) in [6.07, 6.45) is 13.9. The molecule has 22 heavy (non-hydrogen) atoms. The third kappa shape index (κ3) is 6.98. The molecule has 1 rings (SSSR count). The van der Waals surface area contributed by atoms with Gasteiger partial charge in [0, 0.05) is 24.6 Å². The normalized spacial score (nSPS) is 9.73. The van der Waals surface area contributed by atoms with E-state index in [0.29, 0.717) is 25.1 Å². The lowest BCUT2D eigenvalue weighted by molar-refractivity contribution is -0.143. The van der Waals surface area contributed by atoms with E-state index in [-0.39, 0.29) is 18.3 Å². The van der Waals surface area contributed by atoms with E-state index in [4.69, 9.17) is 17.6 Å². The van der Waals surface area contributed by atoms with Crippen molar-refractivity contribution in [3.63, 3.8) is 0 Å². The molecule has 0 aromatic heterocycles. The second-order valence-corrected chi connectivity index (χ2v) is 4.36. The van der Waals surface area contributed by atoms with E-state index >= 15 is 0 Å². The fraction of sp³-hybridized carbons (Fsp3) is 0.222. The van der Waals surface area contributed by atoms with Crippen LogP contribution in [0.2, 0.25) is 0 Å². The second-order valence-electron chi connectivity index (χ2n) is 4.36. The van der Waals surface area contributed by atoms with E-state index < -0.39 is 0 Å². The van der Waals surface area contributed by atoms with Crippen LogP contribution < -0.4 is 5.32 Å². The minimum absolute atomic E-state index is 0.243. The SMILES string of the molecule is C#CC=CC(=O)Nc1ccc(CCOC(=O)CCC#C)cc1. The van der Waals surface area contributed by atoms with E-state index in [2.05, 4.69) is 17.2 Å². The molecule has 0 aliphatic carbocycles. The van der Waals surface area contributed by atoms with Crippen LogP contribution in [0.3, 0.4) is 0 Å². The molecule has 0 fully saturated rings. The molecular weight excluding hydrogens is 278 g/mol. The summed E-state index contributed by atoms with van der Waals surface area (Å²) >= 11 is 0. The van der Waals surface area contributed by atoms with Gasteiger partial charge in [-0.1, -0.05) is 18.1 Å². The maximum Gasteiger partial charge on any atom is 0.306 e. The highest BCUT2D eigenvalue weighted by Gasteiger charge is 2.02. The number of amides is 1. The number of carbonyl (C=O) groups is 2. The topological polar surface area (TPSA) is 55.4 Å². The number of hydrogen-bond acceptors (Lipinski definition) is 3. The van der Waals surface area contributed by atoms with Crippen molar-refractivity contribution in [2.24, 2.45) is 0 Å². The van der Waals surface area contributed by atoms with Gasteiger partial charge < -0.3 is 10.1 Å². The number of rotatable bonds is 7. The van der Waals surface area contributed by atoms with Crippen LogP contribution in [0.4, 0.5) is 5.69 Å². The zero-order valence-corrected chi connectivity index (χ0v) is 12.2. The molecule has 1 aromatic carbocycles. The van der Waals surface area contributed by atoms with Crippen molar-refractivity contribution in [1.82, 2.24) is 0 Å². The average molecular weight is 295 g/mol. The van der Waals surface area contributed by atoms with E-state index in [0.717, 1.165) is 5.56 Å². The zero-order valence-electron chi connectivity index (χ0n) is 12.2. The Labute approximate surface area is 130 Å². The van der Waals surface area contributed by atoms with Gasteiger partial charge in [-0.05, 0) is 23.8 Å². The Balaban J connectivity index is 2.38. The Bertz CT molecular complexity index is 615. The molecule has 1 aromatic rings. The Morgan fingerprint density at radius 2 is 1.95 bits per heavy atom. The summed E-state index contributed by atoms with van der Waals surface area (Å²) in [5, 5.41) is 2.68. The second kappa shape index (κ2) is 9.85. The van der Waals surface area contributed by atoms with Crippen molar-refractivity contribution in [2.75, 3.05) is 11.9 Å². The van der Waals surface area contributed by atoms with E-state index in [1.807, 2.05) is 12.1 Å². The number of anilines is 1. The molecule has 0 atom stereocenters. The molecule has 0 radical (unpaired) electrons. The average Bonchev–Trinajstić information content (AvgIpc) is 2.52. The van der Waals surface area contributed by atoms with Crippen LogP contribution in [-0.2, 0) is 20.7 Å². The summed E-state index contributed by atoms with van der Waals surface area (Å²) in [5.41, 5.74) is 1.67. The summed E-state index contributed by atoms with van der Waals surface area (Å²) in [4.78, 5) is 22.7. The highest BCUT2D eigenvalue weighted by atomic mass is 16.5. The molecule has 4 nitrogen and oxygen atoms in total. The van der Waals surface area contributed by atoms with Gasteiger partial charge in [-0.2, -0.15) is 0 Å². The molecule has 0 bridgehead atoms. The van der Waals surface area contributed by atoms with Crippen LogP contribution in [0.25, 0.3) is 0 Å². The van der Waals surface area contributed by atoms with Gasteiger partial charge in [-0.25, -0.2) is 0 Å². The molecule has 0 spiro atoms. The quantitative estimate of drug-likeness (QED) is 0.477. The Morgan fingerprint density at radius 1 is 1.23 bits per heavy atom. The monoisotopic (exact) mass is 295 g/mol. The highest BCUT2D eigenvalue weighted by Crippen LogP contribution is 2.10. The number of allylic oxidation sites excluding steroid dienone is 1. The lowest BCUT2D eigenvalue weighted by Crippen LogP contribution is -2.08. The minimum atomic E-state index is -0.290. The van der Waals surface area contributed by atoms with Crippen LogP contribution in [-0.4, -0.2) is 18.5 Å². The molecule has 0 heterocycles.